The lowest BCUT2D eigenvalue weighted by molar-refractivity contribution is -0.136. The summed E-state index contributed by atoms with van der Waals surface area (Å²) >= 11 is 0. The molecule has 0 aliphatic carbocycles. The fourth-order valence-electron chi connectivity index (χ4n) is 4.24. The van der Waals surface area contributed by atoms with Gasteiger partial charge in [0.2, 0.25) is 23.6 Å². The second kappa shape index (κ2) is 25.2. The Hall–Kier alpha value is -2.12. The summed E-state index contributed by atoms with van der Waals surface area (Å²) in [7, 11) is 3.53. The molecule has 0 unspecified atom stereocenters. The zero-order valence-corrected chi connectivity index (χ0v) is 25.1. The molecule has 0 aromatic heterocycles. The Balaban J connectivity index is 3.70. The van der Waals surface area contributed by atoms with Crippen LogP contribution in [0.1, 0.15) is 129 Å². The second-order valence-corrected chi connectivity index (χ2v) is 10.6. The van der Waals surface area contributed by atoms with Gasteiger partial charge in [-0.3, -0.25) is 19.2 Å². The Morgan fingerprint density at radius 3 is 1.16 bits per heavy atom. The van der Waals surface area contributed by atoms with E-state index in [0.717, 1.165) is 64.2 Å². The fourth-order valence-corrected chi connectivity index (χ4v) is 4.24. The number of hydrogen-bond donors (Lipinski definition) is 2. The van der Waals surface area contributed by atoms with Crippen LogP contribution in [0.25, 0.3) is 0 Å². The van der Waals surface area contributed by atoms with E-state index in [-0.39, 0.29) is 36.5 Å². The predicted octanol–water partition coefficient (Wildman–Crippen LogP) is 5.20. The first-order chi connectivity index (χ1) is 18.3. The van der Waals surface area contributed by atoms with Crippen LogP contribution in [0.2, 0.25) is 0 Å². The van der Waals surface area contributed by atoms with Crippen molar-refractivity contribution in [2.24, 2.45) is 0 Å². The molecule has 4 amide bonds. The summed E-state index contributed by atoms with van der Waals surface area (Å²) in [6.07, 6.45) is 17.4. The average molecular weight is 539 g/mol. The zero-order chi connectivity index (χ0) is 28.4. The van der Waals surface area contributed by atoms with Gasteiger partial charge in [0.1, 0.15) is 12.8 Å². The van der Waals surface area contributed by atoms with Crippen molar-refractivity contribution in [3.63, 3.8) is 0 Å². The van der Waals surface area contributed by atoms with Gasteiger partial charge in [0.25, 0.3) is 0 Å². The standard InChI is InChI=1S/C30H58N4O4/c1-5-7-9-13-17-21-31-27(35)25-29(37)33(3)23-19-15-11-12-16-20-24-34(4)30(38)26-28(36)32-22-18-14-10-8-6-2/h5-26H2,1-4H3,(H,31,35)(H,32,36). The molecule has 38 heavy (non-hydrogen) atoms. The molecule has 222 valence electrons. The quantitative estimate of drug-likeness (QED) is 0.123. The maximum Gasteiger partial charge on any atom is 0.231 e. The monoisotopic (exact) mass is 538 g/mol. The number of unbranched alkanes of at least 4 members (excludes halogenated alkanes) is 13. The Morgan fingerprint density at radius 1 is 0.474 bits per heavy atom. The smallest absolute Gasteiger partial charge is 0.231 e. The highest BCUT2D eigenvalue weighted by Crippen LogP contribution is 2.08. The van der Waals surface area contributed by atoms with Crippen LogP contribution in [0.5, 0.6) is 0 Å². The van der Waals surface area contributed by atoms with Crippen LogP contribution in [-0.2, 0) is 19.2 Å². The largest absolute Gasteiger partial charge is 0.356 e. The zero-order valence-electron chi connectivity index (χ0n) is 25.1. The minimum absolute atomic E-state index is 0.0710. The summed E-state index contributed by atoms with van der Waals surface area (Å²) in [4.78, 5) is 51.7. The van der Waals surface area contributed by atoms with Crippen molar-refractivity contribution in [3.8, 4) is 0 Å². The topological polar surface area (TPSA) is 98.8 Å². The van der Waals surface area contributed by atoms with Gasteiger partial charge in [0, 0.05) is 40.3 Å². The summed E-state index contributed by atoms with van der Waals surface area (Å²) in [5.74, 6) is -0.609. The maximum absolute atomic E-state index is 12.2. The number of hydrogen-bond acceptors (Lipinski definition) is 4. The van der Waals surface area contributed by atoms with Gasteiger partial charge in [-0.25, -0.2) is 0 Å². The number of nitrogens with zero attached hydrogens (tertiary/aromatic N) is 2. The van der Waals surface area contributed by atoms with Gasteiger partial charge in [-0.15, -0.1) is 0 Å². The van der Waals surface area contributed by atoms with E-state index in [1.165, 1.54) is 38.5 Å². The highest BCUT2D eigenvalue weighted by molar-refractivity contribution is 5.97. The molecule has 0 rings (SSSR count). The number of carbonyl (C=O) groups is 4. The van der Waals surface area contributed by atoms with Crippen molar-refractivity contribution in [2.75, 3.05) is 40.3 Å². The Morgan fingerprint density at radius 2 is 0.789 bits per heavy atom. The summed E-state index contributed by atoms with van der Waals surface area (Å²) in [6.45, 7) is 6.99. The van der Waals surface area contributed by atoms with Crippen LogP contribution in [-0.4, -0.2) is 73.7 Å². The van der Waals surface area contributed by atoms with E-state index < -0.39 is 0 Å². The Bertz CT molecular complexity index is 588. The van der Waals surface area contributed by atoms with Crippen LogP contribution in [0.3, 0.4) is 0 Å². The van der Waals surface area contributed by atoms with Gasteiger partial charge in [-0.1, -0.05) is 90.9 Å². The molecule has 8 nitrogen and oxygen atoms in total. The van der Waals surface area contributed by atoms with Crippen LogP contribution in [0.4, 0.5) is 0 Å². The summed E-state index contributed by atoms with van der Waals surface area (Å²) in [6, 6.07) is 0. The van der Waals surface area contributed by atoms with E-state index in [1.54, 1.807) is 23.9 Å². The van der Waals surface area contributed by atoms with Crippen LogP contribution in [0.15, 0.2) is 0 Å². The summed E-state index contributed by atoms with van der Waals surface area (Å²) < 4.78 is 0. The normalized spacial score (nSPS) is 10.7. The molecule has 2 N–H and O–H groups in total. The third-order valence-corrected chi connectivity index (χ3v) is 6.92. The van der Waals surface area contributed by atoms with Gasteiger partial charge in [0.15, 0.2) is 0 Å². The molecule has 0 aromatic carbocycles. The SMILES string of the molecule is CCCCCCCNC(=O)CC(=O)N(C)CCCCCCCCN(C)C(=O)CC(=O)NCCCCCCC. The van der Waals surface area contributed by atoms with Crippen molar-refractivity contribution < 1.29 is 19.2 Å². The molecule has 0 saturated heterocycles. The van der Waals surface area contributed by atoms with E-state index in [1.807, 2.05) is 0 Å². The third kappa shape index (κ3) is 21.9. The molecule has 0 radical (unpaired) electrons. The van der Waals surface area contributed by atoms with Gasteiger partial charge < -0.3 is 20.4 Å². The predicted molar refractivity (Wildman–Crippen MR) is 156 cm³/mol. The molecule has 8 heteroatoms. The second-order valence-electron chi connectivity index (χ2n) is 10.6. The van der Waals surface area contributed by atoms with Crippen molar-refractivity contribution >= 4 is 23.6 Å². The molecule has 0 fully saturated rings. The fraction of sp³-hybridized carbons (Fsp3) is 0.867. The van der Waals surface area contributed by atoms with Gasteiger partial charge in [-0.2, -0.15) is 0 Å². The highest BCUT2D eigenvalue weighted by atomic mass is 16.2. The van der Waals surface area contributed by atoms with Gasteiger partial charge in [0.05, 0.1) is 0 Å². The molecule has 0 spiro atoms. The molecule has 0 atom stereocenters. The third-order valence-electron chi connectivity index (χ3n) is 6.92. The van der Waals surface area contributed by atoms with Crippen molar-refractivity contribution in [1.29, 1.82) is 0 Å². The van der Waals surface area contributed by atoms with Crippen molar-refractivity contribution in [1.82, 2.24) is 20.4 Å². The molecule has 0 aromatic rings. The maximum atomic E-state index is 12.2. The Labute approximate surface area is 233 Å². The number of rotatable bonds is 25. The average Bonchev–Trinajstić information content (AvgIpc) is 2.89. The Kier molecular flexibility index (Phi) is 23.8. The molecule has 0 aliphatic rings. The molecular formula is C30H58N4O4. The van der Waals surface area contributed by atoms with E-state index in [0.29, 0.717) is 26.2 Å². The molecule has 0 aliphatic heterocycles. The number of amides is 4. The first-order valence-electron chi connectivity index (χ1n) is 15.3. The van der Waals surface area contributed by atoms with Gasteiger partial charge in [-0.05, 0) is 25.7 Å². The van der Waals surface area contributed by atoms with E-state index in [4.69, 9.17) is 0 Å². The molecule has 0 heterocycles. The van der Waals surface area contributed by atoms with Crippen molar-refractivity contribution in [3.05, 3.63) is 0 Å². The first-order valence-corrected chi connectivity index (χ1v) is 15.3. The minimum atomic E-state index is -0.181. The minimum Gasteiger partial charge on any atom is -0.356 e. The molecule has 0 bridgehead atoms. The van der Waals surface area contributed by atoms with Crippen LogP contribution >= 0.6 is 0 Å². The molecular weight excluding hydrogens is 480 g/mol. The first kappa shape index (κ1) is 35.9. The number of nitrogens with one attached hydrogen (secondary N) is 2. The van der Waals surface area contributed by atoms with Crippen molar-refractivity contribution in [2.45, 2.75) is 129 Å². The molecule has 0 saturated carbocycles. The van der Waals surface area contributed by atoms with E-state index in [9.17, 15) is 19.2 Å². The number of carbonyl (C=O) groups excluding carboxylic acids is 4. The van der Waals surface area contributed by atoms with E-state index >= 15 is 0 Å². The lowest BCUT2D eigenvalue weighted by Crippen LogP contribution is -2.34. The van der Waals surface area contributed by atoms with Crippen LogP contribution < -0.4 is 10.6 Å². The van der Waals surface area contributed by atoms with E-state index in [2.05, 4.69) is 24.5 Å². The summed E-state index contributed by atoms with van der Waals surface area (Å²) in [5.41, 5.74) is 0. The lowest BCUT2D eigenvalue weighted by Gasteiger charge is -2.17. The lowest BCUT2D eigenvalue weighted by atomic mass is 10.1. The highest BCUT2D eigenvalue weighted by Gasteiger charge is 2.14. The van der Waals surface area contributed by atoms with Gasteiger partial charge >= 0.3 is 0 Å². The summed E-state index contributed by atoms with van der Waals surface area (Å²) in [5, 5.41) is 5.70. The van der Waals surface area contributed by atoms with Crippen LogP contribution in [0, 0.1) is 0 Å².